The molecule has 0 aromatic heterocycles. The van der Waals surface area contributed by atoms with Gasteiger partial charge in [0.2, 0.25) is 0 Å². The van der Waals surface area contributed by atoms with Crippen molar-refractivity contribution in [1.29, 1.82) is 0 Å². The van der Waals surface area contributed by atoms with Gasteiger partial charge in [0.15, 0.2) is 0 Å². The van der Waals surface area contributed by atoms with Crippen molar-refractivity contribution in [3.05, 3.63) is 35.4 Å². The molecule has 1 saturated heterocycles. The standard InChI is InChI=1S/C11H13F2NO2/c12-6-1-2-9(13)8(3-6)11(15)10(14)4-7-5-16-7/h1-3,7,10-11,15H,4-5,14H2/t7-,10-,11+/m0/s1. The van der Waals surface area contributed by atoms with Gasteiger partial charge in [-0.1, -0.05) is 0 Å². The highest BCUT2D eigenvalue weighted by Crippen LogP contribution is 2.25. The van der Waals surface area contributed by atoms with Gasteiger partial charge in [0, 0.05) is 11.6 Å². The van der Waals surface area contributed by atoms with Gasteiger partial charge in [-0.15, -0.1) is 0 Å². The lowest BCUT2D eigenvalue weighted by Crippen LogP contribution is -2.30. The normalized spacial score (nSPS) is 22.9. The number of rotatable bonds is 4. The molecule has 16 heavy (non-hydrogen) atoms. The molecule has 0 bridgehead atoms. The molecule has 0 amide bonds. The smallest absolute Gasteiger partial charge is 0.129 e. The third-order valence-corrected chi connectivity index (χ3v) is 2.62. The van der Waals surface area contributed by atoms with Crippen LogP contribution in [0.4, 0.5) is 8.78 Å². The Labute approximate surface area is 91.8 Å². The van der Waals surface area contributed by atoms with Crippen LogP contribution in [-0.4, -0.2) is 23.9 Å². The lowest BCUT2D eigenvalue weighted by atomic mass is 9.99. The van der Waals surface area contributed by atoms with Gasteiger partial charge in [-0.25, -0.2) is 8.78 Å². The minimum atomic E-state index is -1.21. The van der Waals surface area contributed by atoms with Crippen LogP contribution in [0.3, 0.4) is 0 Å². The van der Waals surface area contributed by atoms with Gasteiger partial charge in [0.25, 0.3) is 0 Å². The highest BCUT2D eigenvalue weighted by molar-refractivity contribution is 5.22. The van der Waals surface area contributed by atoms with Crippen LogP contribution in [-0.2, 0) is 4.74 Å². The Kier molecular flexibility index (Phi) is 3.18. The molecule has 0 unspecified atom stereocenters. The third-order valence-electron chi connectivity index (χ3n) is 2.62. The van der Waals surface area contributed by atoms with Crippen LogP contribution in [0.25, 0.3) is 0 Å². The Morgan fingerprint density at radius 1 is 1.50 bits per heavy atom. The van der Waals surface area contributed by atoms with Gasteiger partial charge in [-0.05, 0) is 24.6 Å². The van der Waals surface area contributed by atoms with E-state index in [4.69, 9.17) is 10.5 Å². The van der Waals surface area contributed by atoms with Crippen LogP contribution < -0.4 is 5.73 Å². The van der Waals surface area contributed by atoms with Gasteiger partial charge >= 0.3 is 0 Å². The molecule has 0 aliphatic carbocycles. The zero-order chi connectivity index (χ0) is 11.7. The monoisotopic (exact) mass is 229 g/mol. The molecule has 0 radical (unpaired) electrons. The number of nitrogens with two attached hydrogens (primary N) is 1. The van der Waals surface area contributed by atoms with E-state index in [0.717, 1.165) is 18.2 Å². The largest absolute Gasteiger partial charge is 0.387 e. The predicted octanol–water partition coefficient (Wildman–Crippen LogP) is 1.11. The summed E-state index contributed by atoms with van der Waals surface area (Å²) in [5, 5.41) is 9.78. The number of epoxide rings is 1. The summed E-state index contributed by atoms with van der Waals surface area (Å²) in [5.41, 5.74) is 5.59. The average molecular weight is 229 g/mol. The van der Waals surface area contributed by atoms with Crippen molar-refractivity contribution in [1.82, 2.24) is 0 Å². The van der Waals surface area contributed by atoms with E-state index in [1.165, 1.54) is 0 Å². The average Bonchev–Trinajstić information content (AvgIpc) is 3.04. The van der Waals surface area contributed by atoms with Gasteiger partial charge in [-0.2, -0.15) is 0 Å². The van der Waals surface area contributed by atoms with Crippen molar-refractivity contribution in [3.8, 4) is 0 Å². The topological polar surface area (TPSA) is 58.8 Å². The SMILES string of the molecule is N[C@@H](C[C@H]1CO1)[C@H](O)c1cc(F)ccc1F. The summed E-state index contributed by atoms with van der Waals surface area (Å²) in [6.07, 6.45) is -0.724. The minimum absolute atomic E-state index is 0.0428. The summed E-state index contributed by atoms with van der Waals surface area (Å²) < 4.78 is 31.2. The predicted molar refractivity (Wildman–Crippen MR) is 53.7 cm³/mol. The molecule has 1 aromatic carbocycles. The fourth-order valence-electron chi connectivity index (χ4n) is 1.61. The lowest BCUT2D eigenvalue weighted by Gasteiger charge is -2.18. The Morgan fingerprint density at radius 3 is 2.81 bits per heavy atom. The Morgan fingerprint density at radius 2 is 2.19 bits per heavy atom. The molecule has 88 valence electrons. The molecular formula is C11H13F2NO2. The quantitative estimate of drug-likeness (QED) is 0.760. The highest BCUT2D eigenvalue weighted by Gasteiger charge is 2.30. The van der Waals surface area contributed by atoms with Crippen LogP contribution in [0.2, 0.25) is 0 Å². The molecular weight excluding hydrogens is 216 g/mol. The number of benzene rings is 1. The summed E-state index contributed by atoms with van der Waals surface area (Å²) in [4.78, 5) is 0. The minimum Gasteiger partial charge on any atom is -0.387 e. The Hall–Kier alpha value is -1.04. The maximum Gasteiger partial charge on any atom is 0.129 e. The molecule has 5 heteroatoms. The molecule has 1 heterocycles. The van der Waals surface area contributed by atoms with Crippen LogP contribution in [0.5, 0.6) is 0 Å². The van der Waals surface area contributed by atoms with E-state index in [2.05, 4.69) is 0 Å². The summed E-state index contributed by atoms with van der Waals surface area (Å²) >= 11 is 0. The summed E-state index contributed by atoms with van der Waals surface area (Å²) in [6, 6.07) is 2.30. The second-order valence-corrected chi connectivity index (χ2v) is 3.97. The Bertz CT molecular complexity index is 382. The first kappa shape index (κ1) is 11.4. The van der Waals surface area contributed by atoms with Crippen molar-refractivity contribution >= 4 is 0 Å². The zero-order valence-corrected chi connectivity index (χ0v) is 8.57. The molecule has 3 N–H and O–H groups in total. The van der Waals surface area contributed by atoms with Crippen molar-refractivity contribution in [2.45, 2.75) is 24.7 Å². The fourth-order valence-corrected chi connectivity index (χ4v) is 1.61. The molecule has 3 atom stereocenters. The summed E-state index contributed by atoms with van der Waals surface area (Å²) in [6.45, 7) is 0.617. The zero-order valence-electron chi connectivity index (χ0n) is 8.57. The third kappa shape index (κ3) is 2.55. The molecule has 0 spiro atoms. The van der Waals surface area contributed by atoms with Crippen molar-refractivity contribution in [2.75, 3.05) is 6.61 Å². The van der Waals surface area contributed by atoms with Gasteiger partial charge < -0.3 is 15.6 Å². The van der Waals surface area contributed by atoms with Crippen molar-refractivity contribution in [2.24, 2.45) is 5.73 Å². The molecule has 1 aliphatic heterocycles. The maximum atomic E-state index is 13.3. The number of halogens is 2. The summed E-state index contributed by atoms with van der Waals surface area (Å²) in [7, 11) is 0. The molecule has 1 fully saturated rings. The number of aliphatic hydroxyl groups is 1. The van der Waals surface area contributed by atoms with Crippen LogP contribution >= 0.6 is 0 Å². The van der Waals surface area contributed by atoms with Crippen LogP contribution in [0, 0.1) is 11.6 Å². The van der Waals surface area contributed by atoms with E-state index < -0.39 is 23.8 Å². The first-order chi connectivity index (χ1) is 7.58. The van der Waals surface area contributed by atoms with Gasteiger partial charge in [-0.3, -0.25) is 0 Å². The van der Waals surface area contributed by atoms with E-state index in [9.17, 15) is 13.9 Å². The number of hydrogen-bond acceptors (Lipinski definition) is 3. The van der Waals surface area contributed by atoms with E-state index in [1.807, 2.05) is 0 Å². The molecule has 0 saturated carbocycles. The van der Waals surface area contributed by atoms with Gasteiger partial charge in [0.05, 0.1) is 18.8 Å². The maximum absolute atomic E-state index is 13.3. The van der Waals surface area contributed by atoms with E-state index in [-0.39, 0.29) is 11.7 Å². The van der Waals surface area contributed by atoms with E-state index in [0.29, 0.717) is 13.0 Å². The van der Waals surface area contributed by atoms with Crippen LogP contribution in [0.15, 0.2) is 18.2 Å². The Balaban J connectivity index is 2.11. The second kappa shape index (κ2) is 4.45. The van der Waals surface area contributed by atoms with Crippen LogP contribution in [0.1, 0.15) is 18.1 Å². The molecule has 3 nitrogen and oxygen atoms in total. The number of hydrogen-bond donors (Lipinski definition) is 2. The van der Waals surface area contributed by atoms with E-state index in [1.54, 1.807) is 0 Å². The van der Waals surface area contributed by atoms with Crippen molar-refractivity contribution < 1.29 is 18.6 Å². The molecule has 1 aromatic rings. The van der Waals surface area contributed by atoms with Gasteiger partial charge in [0.1, 0.15) is 11.6 Å². The first-order valence-electron chi connectivity index (χ1n) is 5.08. The second-order valence-electron chi connectivity index (χ2n) is 3.97. The summed E-state index contributed by atoms with van der Waals surface area (Å²) in [5.74, 6) is -1.24. The fraction of sp³-hybridized carbons (Fsp3) is 0.455. The highest BCUT2D eigenvalue weighted by atomic mass is 19.1. The lowest BCUT2D eigenvalue weighted by molar-refractivity contribution is 0.133. The first-order valence-corrected chi connectivity index (χ1v) is 5.08. The van der Waals surface area contributed by atoms with E-state index >= 15 is 0 Å². The molecule has 2 rings (SSSR count). The number of ether oxygens (including phenoxy) is 1. The number of aliphatic hydroxyl groups excluding tert-OH is 1. The molecule has 1 aliphatic rings. The van der Waals surface area contributed by atoms with Crippen molar-refractivity contribution in [3.63, 3.8) is 0 Å².